The summed E-state index contributed by atoms with van der Waals surface area (Å²) in [4.78, 5) is 0. The van der Waals surface area contributed by atoms with Crippen molar-refractivity contribution >= 4 is 8.32 Å². The largest absolute Gasteiger partial charge is 0.497 e. The van der Waals surface area contributed by atoms with Crippen LogP contribution in [0.4, 0.5) is 0 Å². The van der Waals surface area contributed by atoms with Gasteiger partial charge in [-0.3, -0.25) is 0 Å². The van der Waals surface area contributed by atoms with Crippen LogP contribution in [0.25, 0.3) is 0 Å². The summed E-state index contributed by atoms with van der Waals surface area (Å²) in [6.07, 6.45) is 4.09. The fourth-order valence-electron chi connectivity index (χ4n) is 2.33. The number of ether oxygens (including phenoxy) is 2. The van der Waals surface area contributed by atoms with E-state index in [4.69, 9.17) is 13.9 Å². The lowest BCUT2D eigenvalue weighted by Gasteiger charge is -2.38. The molecule has 1 rings (SSSR count). The number of hydrogen-bond donors (Lipinski definition) is 0. The van der Waals surface area contributed by atoms with Gasteiger partial charge in [-0.25, -0.2) is 0 Å². The molecule has 4 heteroatoms. The van der Waals surface area contributed by atoms with Crippen molar-refractivity contribution in [2.75, 3.05) is 7.11 Å². The van der Waals surface area contributed by atoms with Crippen molar-refractivity contribution in [3.63, 3.8) is 0 Å². The van der Waals surface area contributed by atoms with Crippen molar-refractivity contribution in [3.05, 3.63) is 42.5 Å². The Morgan fingerprint density at radius 1 is 1.12 bits per heavy atom. The topological polar surface area (TPSA) is 27.7 Å². The van der Waals surface area contributed by atoms with E-state index >= 15 is 0 Å². The Hall–Kier alpha value is -1.10. The Morgan fingerprint density at radius 3 is 2.20 bits per heavy atom. The van der Waals surface area contributed by atoms with E-state index in [1.54, 1.807) is 7.11 Å². The molecule has 0 saturated heterocycles. The van der Waals surface area contributed by atoms with Crippen LogP contribution in [0.2, 0.25) is 18.1 Å². The molecule has 1 aromatic rings. The van der Waals surface area contributed by atoms with Gasteiger partial charge in [0.2, 0.25) is 0 Å². The van der Waals surface area contributed by atoms with E-state index in [1.807, 2.05) is 30.3 Å². The van der Waals surface area contributed by atoms with Crippen molar-refractivity contribution in [1.29, 1.82) is 0 Å². The molecular weight excluding hydrogens is 328 g/mol. The van der Waals surface area contributed by atoms with Crippen molar-refractivity contribution in [2.45, 2.75) is 77.5 Å². The molecule has 0 bridgehead atoms. The van der Waals surface area contributed by atoms with Crippen LogP contribution in [-0.4, -0.2) is 27.6 Å². The highest BCUT2D eigenvalue weighted by atomic mass is 28.4. The van der Waals surface area contributed by atoms with Crippen molar-refractivity contribution in [3.8, 4) is 5.75 Å². The van der Waals surface area contributed by atoms with Crippen molar-refractivity contribution in [1.82, 2.24) is 0 Å². The van der Waals surface area contributed by atoms with E-state index in [9.17, 15) is 0 Å². The molecule has 3 nitrogen and oxygen atoms in total. The van der Waals surface area contributed by atoms with Gasteiger partial charge in [-0.05, 0) is 55.6 Å². The molecule has 1 aromatic carbocycles. The van der Waals surface area contributed by atoms with E-state index < -0.39 is 8.32 Å². The van der Waals surface area contributed by atoms with Crippen LogP contribution in [-0.2, 0) is 15.8 Å². The second-order valence-corrected chi connectivity index (χ2v) is 13.0. The maximum absolute atomic E-state index is 6.42. The van der Waals surface area contributed by atoms with Gasteiger partial charge in [-0.15, -0.1) is 6.58 Å². The second-order valence-electron chi connectivity index (χ2n) is 8.20. The maximum Gasteiger partial charge on any atom is 0.192 e. The zero-order valence-corrected chi connectivity index (χ0v) is 18.1. The first-order chi connectivity index (χ1) is 11.6. The monoisotopic (exact) mass is 364 g/mol. The average molecular weight is 365 g/mol. The molecular formula is C21H36O3Si. The van der Waals surface area contributed by atoms with Crippen LogP contribution in [0, 0.1) is 0 Å². The van der Waals surface area contributed by atoms with Crippen LogP contribution in [0.5, 0.6) is 5.75 Å². The highest BCUT2D eigenvalue weighted by molar-refractivity contribution is 6.74. The lowest BCUT2D eigenvalue weighted by Crippen LogP contribution is -2.43. The second kappa shape index (κ2) is 9.55. The fourth-order valence-corrected chi connectivity index (χ4v) is 3.81. The van der Waals surface area contributed by atoms with Gasteiger partial charge in [0.05, 0.1) is 19.8 Å². The number of hydrogen-bond acceptors (Lipinski definition) is 3. The quantitative estimate of drug-likeness (QED) is 0.379. The van der Waals surface area contributed by atoms with Gasteiger partial charge >= 0.3 is 0 Å². The van der Waals surface area contributed by atoms with E-state index in [-0.39, 0.29) is 17.2 Å². The Bertz CT molecular complexity index is 517. The minimum atomic E-state index is -1.71. The van der Waals surface area contributed by atoms with Gasteiger partial charge in [-0.2, -0.15) is 0 Å². The van der Waals surface area contributed by atoms with Crippen molar-refractivity contribution < 1.29 is 13.9 Å². The summed E-state index contributed by atoms with van der Waals surface area (Å²) in [6.45, 7) is 18.1. The predicted octanol–water partition coefficient (Wildman–Crippen LogP) is 5.96. The molecule has 0 unspecified atom stereocenters. The van der Waals surface area contributed by atoms with Gasteiger partial charge in [0.1, 0.15) is 5.75 Å². The van der Waals surface area contributed by atoms with Crippen LogP contribution in [0.3, 0.4) is 0 Å². The first-order valence-electron chi connectivity index (χ1n) is 9.14. The summed E-state index contributed by atoms with van der Waals surface area (Å²) in [6, 6.07) is 7.97. The molecule has 0 amide bonds. The zero-order chi connectivity index (χ0) is 19.1. The van der Waals surface area contributed by atoms with E-state index in [1.165, 1.54) is 0 Å². The third kappa shape index (κ3) is 7.34. The molecule has 0 radical (unpaired) electrons. The summed E-state index contributed by atoms with van der Waals surface area (Å²) in [7, 11) is -0.0360. The zero-order valence-electron chi connectivity index (χ0n) is 17.1. The van der Waals surface area contributed by atoms with Gasteiger partial charge in [0.15, 0.2) is 8.32 Å². The first-order valence-corrected chi connectivity index (χ1v) is 12.0. The molecule has 0 saturated carbocycles. The molecule has 2 atom stereocenters. The summed E-state index contributed by atoms with van der Waals surface area (Å²) in [5, 5.41) is 0.240. The molecule has 0 aliphatic rings. The Kier molecular flexibility index (Phi) is 8.38. The maximum atomic E-state index is 6.42. The lowest BCUT2D eigenvalue weighted by atomic mass is 10.1. The Labute approximate surface area is 155 Å². The number of rotatable bonds is 10. The van der Waals surface area contributed by atoms with Gasteiger partial charge in [0.25, 0.3) is 0 Å². The summed E-state index contributed by atoms with van der Waals surface area (Å²) >= 11 is 0. The average Bonchev–Trinajstić information content (AvgIpc) is 2.54. The van der Waals surface area contributed by atoms with E-state index in [0.29, 0.717) is 6.61 Å². The highest BCUT2D eigenvalue weighted by Crippen LogP contribution is 2.37. The lowest BCUT2D eigenvalue weighted by molar-refractivity contribution is 0.0560. The standard InChI is InChI=1S/C21H36O3Si/c1-9-19(23-16-18-11-14-20(22-6)15-12-18)13-10-17(2)24-25(7,8)21(3,4)5/h9,11-12,14-15,17,19H,1,10,13,16H2,2-8H3/t17-,19+/m1/s1. The predicted molar refractivity (Wildman–Crippen MR) is 109 cm³/mol. The van der Waals surface area contributed by atoms with E-state index in [0.717, 1.165) is 24.2 Å². The number of methoxy groups -OCH3 is 1. The third-order valence-corrected chi connectivity index (χ3v) is 9.65. The normalized spacial score (nSPS) is 14.8. The minimum absolute atomic E-state index is 0.0487. The first kappa shape index (κ1) is 21.9. The van der Waals surface area contributed by atoms with Gasteiger partial charge in [-0.1, -0.05) is 39.0 Å². The summed E-state index contributed by atoms with van der Waals surface area (Å²) in [5.41, 5.74) is 1.14. The van der Waals surface area contributed by atoms with Gasteiger partial charge in [0, 0.05) is 6.10 Å². The summed E-state index contributed by atoms with van der Waals surface area (Å²) in [5.74, 6) is 0.862. The summed E-state index contributed by atoms with van der Waals surface area (Å²) < 4.78 is 17.6. The van der Waals surface area contributed by atoms with Gasteiger partial charge < -0.3 is 13.9 Å². The molecule has 25 heavy (non-hydrogen) atoms. The fraction of sp³-hybridized carbons (Fsp3) is 0.619. The molecule has 0 aliphatic heterocycles. The van der Waals surface area contributed by atoms with Crippen molar-refractivity contribution in [2.24, 2.45) is 0 Å². The number of benzene rings is 1. The molecule has 0 fully saturated rings. The molecule has 0 aliphatic carbocycles. The minimum Gasteiger partial charge on any atom is -0.497 e. The SMILES string of the molecule is C=C[C@@H](CC[C@@H](C)O[Si](C)(C)C(C)(C)C)OCc1ccc(OC)cc1. The molecule has 0 aromatic heterocycles. The van der Waals surface area contributed by atoms with E-state index in [2.05, 4.69) is 47.4 Å². The molecule has 142 valence electrons. The van der Waals surface area contributed by atoms with Crippen LogP contribution in [0.1, 0.15) is 46.1 Å². The highest BCUT2D eigenvalue weighted by Gasteiger charge is 2.38. The Balaban J connectivity index is 2.43. The Morgan fingerprint density at radius 2 is 1.72 bits per heavy atom. The van der Waals surface area contributed by atoms with Crippen LogP contribution < -0.4 is 4.74 Å². The van der Waals surface area contributed by atoms with Crippen LogP contribution >= 0.6 is 0 Å². The van der Waals surface area contributed by atoms with Crippen LogP contribution in [0.15, 0.2) is 36.9 Å². The third-order valence-electron chi connectivity index (χ3n) is 5.05. The molecule has 0 N–H and O–H groups in total. The smallest absolute Gasteiger partial charge is 0.192 e. The molecule has 0 heterocycles. The molecule has 0 spiro atoms.